The van der Waals surface area contributed by atoms with Gasteiger partial charge in [0.1, 0.15) is 0 Å². The van der Waals surface area contributed by atoms with Crippen molar-refractivity contribution >= 4 is 12.0 Å². The quantitative estimate of drug-likeness (QED) is 0.831. The van der Waals surface area contributed by atoms with Gasteiger partial charge >= 0.3 is 0 Å². The van der Waals surface area contributed by atoms with Crippen LogP contribution in [-0.4, -0.2) is 25.0 Å². The molecule has 3 rings (SSSR count). The van der Waals surface area contributed by atoms with Gasteiger partial charge in [0.05, 0.1) is 12.9 Å². The maximum Gasteiger partial charge on any atom is 0.0895 e. The van der Waals surface area contributed by atoms with Crippen LogP contribution in [-0.2, 0) is 6.42 Å². The molecule has 1 fully saturated rings. The lowest BCUT2D eigenvalue weighted by Gasteiger charge is -2.20. The molecule has 1 aromatic carbocycles. The zero-order valence-corrected chi connectivity index (χ0v) is 9.39. The third-order valence-electron chi connectivity index (χ3n) is 3.43. The molecule has 0 aromatic heterocycles. The van der Waals surface area contributed by atoms with Gasteiger partial charge in [0.2, 0.25) is 0 Å². The molecular formula is C13H17N3. The lowest BCUT2D eigenvalue weighted by atomic mass is 10.0. The summed E-state index contributed by atoms with van der Waals surface area (Å²) >= 11 is 0. The molecule has 2 N–H and O–H groups in total. The predicted octanol–water partition coefficient (Wildman–Crippen LogP) is 1.57. The van der Waals surface area contributed by atoms with Crippen molar-refractivity contribution < 1.29 is 0 Å². The number of anilines is 1. The van der Waals surface area contributed by atoms with Gasteiger partial charge in [-0.05, 0) is 30.9 Å². The molecule has 2 aliphatic rings. The van der Waals surface area contributed by atoms with Gasteiger partial charge in [-0.25, -0.2) is 0 Å². The molecule has 1 heterocycles. The Kier molecular flexibility index (Phi) is 2.21. The van der Waals surface area contributed by atoms with Crippen LogP contribution in [0, 0.1) is 0 Å². The third kappa shape index (κ3) is 1.83. The Morgan fingerprint density at radius 1 is 1.31 bits per heavy atom. The van der Waals surface area contributed by atoms with Crippen LogP contribution in [0.25, 0.3) is 0 Å². The summed E-state index contributed by atoms with van der Waals surface area (Å²) in [4.78, 5) is 6.49. The van der Waals surface area contributed by atoms with Crippen LogP contribution in [0.1, 0.15) is 18.4 Å². The zero-order chi connectivity index (χ0) is 11.0. The summed E-state index contributed by atoms with van der Waals surface area (Å²) in [6.07, 6.45) is 5.26. The highest BCUT2D eigenvalue weighted by Gasteiger charge is 2.38. The van der Waals surface area contributed by atoms with Crippen molar-refractivity contribution in [2.45, 2.75) is 24.8 Å². The Bertz CT molecular complexity index is 421. The number of para-hydroxylation sites is 1. The second-order valence-electron chi connectivity index (χ2n) is 4.88. The third-order valence-corrected chi connectivity index (χ3v) is 3.43. The van der Waals surface area contributed by atoms with E-state index in [4.69, 9.17) is 5.73 Å². The summed E-state index contributed by atoms with van der Waals surface area (Å²) < 4.78 is 0. The molecule has 0 spiro atoms. The first kappa shape index (κ1) is 9.85. The highest BCUT2D eigenvalue weighted by atomic mass is 15.2. The molecule has 0 amide bonds. The monoisotopic (exact) mass is 215 g/mol. The molecule has 0 atom stereocenters. The van der Waals surface area contributed by atoms with Crippen LogP contribution in [0.15, 0.2) is 29.3 Å². The van der Waals surface area contributed by atoms with E-state index in [-0.39, 0.29) is 5.54 Å². The summed E-state index contributed by atoms with van der Waals surface area (Å²) in [5.74, 6) is 0. The lowest BCUT2D eigenvalue weighted by molar-refractivity contribution is 0.672. The first-order valence-electron chi connectivity index (χ1n) is 5.90. The van der Waals surface area contributed by atoms with Gasteiger partial charge in [-0.3, -0.25) is 4.99 Å². The number of rotatable bonds is 3. The second kappa shape index (κ2) is 3.59. The molecule has 0 unspecified atom stereocenters. The number of aliphatic imine (C=N–C) groups is 1. The fraction of sp³-hybridized carbons (Fsp3) is 0.462. The molecule has 1 aromatic rings. The minimum Gasteiger partial charge on any atom is -0.331 e. The first-order chi connectivity index (χ1) is 7.77. The van der Waals surface area contributed by atoms with Crippen molar-refractivity contribution in [1.29, 1.82) is 0 Å². The smallest absolute Gasteiger partial charge is 0.0895 e. The largest absolute Gasteiger partial charge is 0.331 e. The Balaban J connectivity index is 1.88. The molecular weight excluding hydrogens is 198 g/mol. The fourth-order valence-electron chi connectivity index (χ4n) is 2.22. The predicted molar refractivity (Wildman–Crippen MR) is 67.0 cm³/mol. The summed E-state index contributed by atoms with van der Waals surface area (Å²) in [6, 6.07) is 8.53. The first-order valence-corrected chi connectivity index (χ1v) is 5.90. The van der Waals surface area contributed by atoms with E-state index >= 15 is 0 Å². The zero-order valence-electron chi connectivity index (χ0n) is 9.39. The number of nitrogens with zero attached hydrogens (tertiary/aromatic N) is 2. The number of hydrogen-bond donors (Lipinski definition) is 1. The Hall–Kier alpha value is -1.35. The van der Waals surface area contributed by atoms with Crippen LogP contribution in [0.5, 0.6) is 0 Å². The lowest BCUT2D eigenvalue weighted by Crippen LogP contribution is -2.27. The summed E-state index contributed by atoms with van der Waals surface area (Å²) in [6.45, 7) is 1.90. The summed E-state index contributed by atoms with van der Waals surface area (Å²) in [5.41, 5.74) is 8.91. The van der Waals surface area contributed by atoms with Crippen LogP contribution >= 0.6 is 0 Å². The van der Waals surface area contributed by atoms with Gasteiger partial charge < -0.3 is 10.6 Å². The van der Waals surface area contributed by atoms with E-state index in [1.807, 2.05) is 6.34 Å². The molecule has 0 saturated heterocycles. The van der Waals surface area contributed by atoms with Gasteiger partial charge in [-0.15, -0.1) is 0 Å². The van der Waals surface area contributed by atoms with Crippen LogP contribution in [0.3, 0.4) is 0 Å². The normalized spacial score (nSPS) is 21.4. The van der Waals surface area contributed by atoms with E-state index in [9.17, 15) is 0 Å². The standard InChI is InChI=1S/C13H17N3/c14-13(5-6-13)9-11-3-1-2-4-12(11)16-8-7-15-10-16/h1-4,10H,5-9,14H2. The van der Waals surface area contributed by atoms with Crippen molar-refractivity contribution in [2.75, 3.05) is 18.0 Å². The van der Waals surface area contributed by atoms with E-state index in [1.165, 1.54) is 11.3 Å². The highest BCUT2D eigenvalue weighted by molar-refractivity contribution is 5.82. The number of nitrogens with two attached hydrogens (primary N) is 1. The molecule has 0 bridgehead atoms. The number of benzene rings is 1. The summed E-state index contributed by atoms with van der Waals surface area (Å²) in [7, 11) is 0. The molecule has 3 nitrogen and oxygen atoms in total. The minimum absolute atomic E-state index is 0.0764. The maximum atomic E-state index is 6.19. The molecule has 84 valence electrons. The van der Waals surface area contributed by atoms with Crippen molar-refractivity contribution in [1.82, 2.24) is 0 Å². The van der Waals surface area contributed by atoms with Gasteiger partial charge in [0.25, 0.3) is 0 Å². The Labute approximate surface area is 96.0 Å². The molecule has 0 radical (unpaired) electrons. The maximum absolute atomic E-state index is 6.19. The Morgan fingerprint density at radius 2 is 2.12 bits per heavy atom. The average Bonchev–Trinajstić information content (AvgIpc) is 2.83. The molecule has 1 aliphatic carbocycles. The van der Waals surface area contributed by atoms with E-state index in [2.05, 4.69) is 34.2 Å². The van der Waals surface area contributed by atoms with Gasteiger partial charge in [-0.1, -0.05) is 18.2 Å². The number of hydrogen-bond acceptors (Lipinski definition) is 3. The SMILES string of the molecule is NC1(Cc2ccccc2N2C=NCC2)CC1. The van der Waals surface area contributed by atoms with E-state index in [1.54, 1.807) is 0 Å². The van der Waals surface area contributed by atoms with Crippen molar-refractivity contribution in [3.63, 3.8) is 0 Å². The molecule has 1 aliphatic heterocycles. The topological polar surface area (TPSA) is 41.6 Å². The Morgan fingerprint density at radius 3 is 2.81 bits per heavy atom. The van der Waals surface area contributed by atoms with E-state index < -0.39 is 0 Å². The van der Waals surface area contributed by atoms with Gasteiger partial charge in [0.15, 0.2) is 0 Å². The van der Waals surface area contributed by atoms with Crippen molar-refractivity contribution in [3.05, 3.63) is 29.8 Å². The van der Waals surface area contributed by atoms with Crippen LogP contribution in [0.2, 0.25) is 0 Å². The van der Waals surface area contributed by atoms with Crippen molar-refractivity contribution in [2.24, 2.45) is 10.7 Å². The molecule has 16 heavy (non-hydrogen) atoms. The minimum atomic E-state index is 0.0764. The molecule has 1 saturated carbocycles. The van der Waals surface area contributed by atoms with Crippen molar-refractivity contribution in [3.8, 4) is 0 Å². The van der Waals surface area contributed by atoms with E-state index in [0.29, 0.717) is 0 Å². The second-order valence-corrected chi connectivity index (χ2v) is 4.88. The van der Waals surface area contributed by atoms with Crippen LogP contribution < -0.4 is 10.6 Å². The van der Waals surface area contributed by atoms with E-state index in [0.717, 1.165) is 32.4 Å². The van der Waals surface area contributed by atoms with Crippen LogP contribution in [0.4, 0.5) is 5.69 Å². The van der Waals surface area contributed by atoms with Gasteiger partial charge in [-0.2, -0.15) is 0 Å². The average molecular weight is 215 g/mol. The summed E-state index contributed by atoms with van der Waals surface area (Å²) in [5, 5.41) is 0. The fourth-order valence-corrected chi connectivity index (χ4v) is 2.22. The highest BCUT2D eigenvalue weighted by Crippen LogP contribution is 2.37. The van der Waals surface area contributed by atoms with Gasteiger partial charge in [0, 0.05) is 17.8 Å². The molecule has 3 heteroatoms.